The van der Waals surface area contributed by atoms with E-state index < -0.39 is 0 Å². The number of nitrogens with one attached hydrogen (secondary N) is 2. The SMILES string of the molecule is CN(C)C(CNC(=O)c1cc(Br)c[nH]1)c1ccsc1. The predicted molar refractivity (Wildman–Crippen MR) is 81.6 cm³/mol. The van der Waals surface area contributed by atoms with Crippen molar-refractivity contribution in [3.05, 3.63) is 44.8 Å². The van der Waals surface area contributed by atoms with Crippen LogP contribution < -0.4 is 5.32 Å². The fourth-order valence-corrected chi connectivity index (χ4v) is 2.90. The Balaban J connectivity index is 1.98. The number of aromatic amines is 1. The molecule has 2 aromatic heterocycles. The summed E-state index contributed by atoms with van der Waals surface area (Å²) in [7, 11) is 4.03. The van der Waals surface area contributed by atoms with Gasteiger partial charge >= 0.3 is 0 Å². The quantitative estimate of drug-likeness (QED) is 0.878. The summed E-state index contributed by atoms with van der Waals surface area (Å²) in [5.41, 5.74) is 1.79. The molecule has 0 spiro atoms. The summed E-state index contributed by atoms with van der Waals surface area (Å²) in [6.45, 7) is 0.583. The molecule has 2 heterocycles. The number of nitrogens with zero attached hydrogens (tertiary/aromatic N) is 1. The summed E-state index contributed by atoms with van der Waals surface area (Å²) in [5, 5.41) is 7.12. The first-order valence-corrected chi connectivity index (χ1v) is 7.62. The third-order valence-corrected chi connectivity index (χ3v) is 4.06. The number of carbonyl (C=O) groups excluding carboxylic acids is 1. The van der Waals surface area contributed by atoms with Crippen LogP contribution in [0.15, 0.2) is 33.6 Å². The lowest BCUT2D eigenvalue weighted by molar-refractivity contribution is 0.0937. The van der Waals surface area contributed by atoms with Crippen molar-refractivity contribution >= 4 is 33.2 Å². The van der Waals surface area contributed by atoms with Gasteiger partial charge in [-0.3, -0.25) is 4.79 Å². The Morgan fingerprint density at radius 1 is 1.58 bits per heavy atom. The number of halogens is 1. The van der Waals surface area contributed by atoms with Crippen molar-refractivity contribution in [2.45, 2.75) is 6.04 Å². The number of rotatable bonds is 5. The van der Waals surface area contributed by atoms with Crippen molar-refractivity contribution in [1.82, 2.24) is 15.2 Å². The molecule has 0 aliphatic carbocycles. The van der Waals surface area contributed by atoms with Gasteiger partial charge in [0.1, 0.15) is 5.69 Å². The zero-order chi connectivity index (χ0) is 13.8. The molecule has 0 saturated carbocycles. The van der Waals surface area contributed by atoms with Gasteiger partial charge in [0, 0.05) is 17.2 Å². The molecule has 0 aliphatic rings. The van der Waals surface area contributed by atoms with Gasteiger partial charge in [0.25, 0.3) is 5.91 Å². The van der Waals surface area contributed by atoms with E-state index in [4.69, 9.17) is 0 Å². The molecule has 0 saturated heterocycles. The van der Waals surface area contributed by atoms with E-state index in [0.717, 1.165) is 4.47 Å². The molecule has 2 N–H and O–H groups in total. The molecule has 0 radical (unpaired) electrons. The lowest BCUT2D eigenvalue weighted by Gasteiger charge is -2.23. The first-order chi connectivity index (χ1) is 9.08. The topological polar surface area (TPSA) is 48.1 Å². The number of aromatic nitrogens is 1. The van der Waals surface area contributed by atoms with E-state index >= 15 is 0 Å². The molecule has 1 atom stereocenters. The molecular weight excluding hydrogens is 326 g/mol. The molecule has 0 aromatic carbocycles. The van der Waals surface area contributed by atoms with E-state index in [1.54, 1.807) is 23.6 Å². The number of likely N-dealkylation sites (N-methyl/N-ethyl adjacent to an activating group) is 1. The van der Waals surface area contributed by atoms with Crippen LogP contribution >= 0.6 is 27.3 Å². The maximum atomic E-state index is 12.0. The number of H-pyrrole nitrogens is 1. The van der Waals surface area contributed by atoms with Crippen LogP contribution in [-0.2, 0) is 0 Å². The first-order valence-electron chi connectivity index (χ1n) is 5.88. The van der Waals surface area contributed by atoms with Gasteiger partial charge in [-0.25, -0.2) is 0 Å². The molecule has 4 nitrogen and oxygen atoms in total. The van der Waals surface area contributed by atoms with Crippen LogP contribution in [0.2, 0.25) is 0 Å². The minimum absolute atomic E-state index is 0.0900. The molecule has 1 unspecified atom stereocenters. The molecule has 102 valence electrons. The van der Waals surface area contributed by atoms with Crippen LogP contribution in [0, 0.1) is 0 Å². The third kappa shape index (κ3) is 3.68. The Kier molecular flexibility index (Phi) is 4.79. The van der Waals surface area contributed by atoms with Crippen molar-refractivity contribution in [2.24, 2.45) is 0 Å². The second kappa shape index (κ2) is 6.36. The average molecular weight is 342 g/mol. The number of thiophene rings is 1. The molecule has 0 bridgehead atoms. The van der Waals surface area contributed by atoms with Gasteiger partial charge in [-0.2, -0.15) is 11.3 Å². The minimum atomic E-state index is -0.0900. The largest absolute Gasteiger partial charge is 0.356 e. The Morgan fingerprint density at radius 3 is 2.89 bits per heavy atom. The highest BCUT2D eigenvalue weighted by atomic mass is 79.9. The van der Waals surface area contributed by atoms with Crippen molar-refractivity contribution in [3.8, 4) is 0 Å². The second-order valence-electron chi connectivity index (χ2n) is 4.48. The summed E-state index contributed by atoms with van der Waals surface area (Å²) < 4.78 is 0.875. The molecule has 1 amide bonds. The summed E-state index contributed by atoms with van der Waals surface area (Å²) in [5.74, 6) is -0.0900. The number of amides is 1. The van der Waals surface area contributed by atoms with E-state index in [2.05, 4.69) is 48.0 Å². The van der Waals surface area contributed by atoms with Crippen LogP contribution in [-0.4, -0.2) is 36.4 Å². The van der Waals surface area contributed by atoms with Crippen molar-refractivity contribution in [1.29, 1.82) is 0 Å². The van der Waals surface area contributed by atoms with E-state index in [1.165, 1.54) is 5.56 Å². The van der Waals surface area contributed by atoms with E-state index in [1.807, 2.05) is 14.1 Å². The molecule has 6 heteroatoms. The number of hydrogen-bond acceptors (Lipinski definition) is 3. The molecular formula is C13H16BrN3OS. The maximum absolute atomic E-state index is 12.0. The smallest absolute Gasteiger partial charge is 0.267 e. The van der Waals surface area contributed by atoms with Crippen LogP contribution in [0.5, 0.6) is 0 Å². The highest BCUT2D eigenvalue weighted by Crippen LogP contribution is 2.20. The van der Waals surface area contributed by atoms with Crippen molar-refractivity contribution < 1.29 is 4.79 Å². The average Bonchev–Trinajstić information content (AvgIpc) is 3.00. The van der Waals surface area contributed by atoms with E-state index in [-0.39, 0.29) is 11.9 Å². The summed E-state index contributed by atoms with van der Waals surface area (Å²) in [6, 6.07) is 4.05. The van der Waals surface area contributed by atoms with Crippen LogP contribution in [0.1, 0.15) is 22.1 Å². The first kappa shape index (κ1) is 14.3. The summed E-state index contributed by atoms with van der Waals surface area (Å²) >= 11 is 4.98. The highest BCUT2D eigenvalue weighted by molar-refractivity contribution is 9.10. The monoisotopic (exact) mass is 341 g/mol. The fraction of sp³-hybridized carbons (Fsp3) is 0.308. The zero-order valence-corrected chi connectivity index (χ0v) is 13.2. The molecule has 0 fully saturated rings. The fourth-order valence-electron chi connectivity index (χ4n) is 1.85. The Morgan fingerprint density at radius 2 is 2.37 bits per heavy atom. The van der Waals surface area contributed by atoms with Gasteiger partial charge in [-0.15, -0.1) is 0 Å². The zero-order valence-electron chi connectivity index (χ0n) is 10.8. The van der Waals surface area contributed by atoms with Gasteiger partial charge in [-0.1, -0.05) is 0 Å². The summed E-state index contributed by atoms with van der Waals surface area (Å²) in [6.07, 6.45) is 1.75. The number of carbonyl (C=O) groups is 1. The van der Waals surface area contributed by atoms with Crippen molar-refractivity contribution in [2.75, 3.05) is 20.6 Å². The van der Waals surface area contributed by atoms with Gasteiger partial charge in [0.2, 0.25) is 0 Å². The molecule has 19 heavy (non-hydrogen) atoms. The van der Waals surface area contributed by atoms with Crippen LogP contribution in [0.25, 0.3) is 0 Å². The Bertz CT molecular complexity index is 536. The Labute approximate surface area is 125 Å². The molecule has 2 rings (SSSR count). The third-order valence-electron chi connectivity index (χ3n) is 2.90. The summed E-state index contributed by atoms with van der Waals surface area (Å²) in [4.78, 5) is 17.0. The maximum Gasteiger partial charge on any atom is 0.267 e. The number of hydrogen-bond donors (Lipinski definition) is 2. The Hall–Kier alpha value is -1.11. The van der Waals surface area contributed by atoms with E-state index in [9.17, 15) is 4.79 Å². The normalized spacial score (nSPS) is 12.6. The van der Waals surface area contributed by atoms with Crippen LogP contribution in [0.3, 0.4) is 0 Å². The predicted octanol–water partition coefficient (Wildman–Crippen LogP) is 2.87. The van der Waals surface area contributed by atoms with E-state index in [0.29, 0.717) is 12.2 Å². The standard InChI is InChI=1S/C13H16BrN3OS/c1-17(2)12(9-3-4-19-8-9)7-16-13(18)11-5-10(14)6-15-11/h3-6,8,12,15H,7H2,1-2H3,(H,16,18). The highest BCUT2D eigenvalue weighted by Gasteiger charge is 2.16. The van der Waals surface area contributed by atoms with Gasteiger partial charge in [0.15, 0.2) is 0 Å². The molecule has 0 aliphatic heterocycles. The second-order valence-corrected chi connectivity index (χ2v) is 6.17. The lowest BCUT2D eigenvalue weighted by Crippen LogP contribution is -2.34. The van der Waals surface area contributed by atoms with Crippen LogP contribution in [0.4, 0.5) is 0 Å². The lowest BCUT2D eigenvalue weighted by atomic mass is 10.1. The van der Waals surface area contributed by atoms with Crippen molar-refractivity contribution in [3.63, 3.8) is 0 Å². The van der Waals surface area contributed by atoms with Gasteiger partial charge < -0.3 is 15.2 Å². The van der Waals surface area contributed by atoms with Gasteiger partial charge in [0.05, 0.1) is 6.04 Å². The van der Waals surface area contributed by atoms with Gasteiger partial charge in [-0.05, 0) is 58.5 Å². The minimum Gasteiger partial charge on any atom is -0.356 e. The molecule has 2 aromatic rings.